The molecule has 0 aliphatic heterocycles. The number of rotatable bonds is 7. The van der Waals surface area contributed by atoms with Gasteiger partial charge in [0.05, 0.1) is 13.2 Å². The van der Waals surface area contributed by atoms with Crippen molar-refractivity contribution in [1.82, 2.24) is 4.57 Å². The molecular weight excluding hydrogens is 333 g/mol. The Morgan fingerprint density at radius 1 is 0.923 bits per heavy atom. The van der Waals surface area contributed by atoms with Gasteiger partial charge in [0.15, 0.2) is 0 Å². The standard InChI is InChI=1S/C21H20FNO3/c1-16(14-25-19-5-3-2-4-6-19)15-26-20-11-12-23(21(24)13-20)18-9-7-17(22)8-10-18/h2-13,16H,14-15H2,1H3. The zero-order valence-electron chi connectivity index (χ0n) is 14.5. The van der Waals surface area contributed by atoms with Crippen molar-refractivity contribution in [2.24, 2.45) is 5.92 Å². The van der Waals surface area contributed by atoms with Crippen LogP contribution in [0.4, 0.5) is 4.39 Å². The van der Waals surface area contributed by atoms with E-state index in [9.17, 15) is 9.18 Å². The average Bonchev–Trinajstić information content (AvgIpc) is 2.66. The van der Waals surface area contributed by atoms with Crippen LogP contribution >= 0.6 is 0 Å². The first-order chi connectivity index (χ1) is 12.6. The first kappa shape index (κ1) is 17.7. The van der Waals surface area contributed by atoms with Gasteiger partial charge >= 0.3 is 0 Å². The second-order valence-electron chi connectivity index (χ2n) is 6.09. The number of hydrogen-bond acceptors (Lipinski definition) is 3. The molecule has 2 aromatic carbocycles. The minimum Gasteiger partial charge on any atom is -0.493 e. The maximum absolute atomic E-state index is 13.0. The molecule has 0 radical (unpaired) electrons. The second-order valence-corrected chi connectivity index (χ2v) is 6.09. The number of benzene rings is 2. The number of aromatic nitrogens is 1. The highest BCUT2D eigenvalue weighted by molar-refractivity contribution is 5.34. The molecule has 0 amide bonds. The molecule has 1 unspecified atom stereocenters. The highest BCUT2D eigenvalue weighted by Gasteiger charge is 2.07. The number of ether oxygens (including phenoxy) is 2. The molecule has 3 rings (SSSR count). The number of para-hydroxylation sites is 1. The third-order valence-corrected chi connectivity index (χ3v) is 3.81. The van der Waals surface area contributed by atoms with Crippen molar-refractivity contribution >= 4 is 0 Å². The van der Waals surface area contributed by atoms with Gasteiger partial charge < -0.3 is 9.47 Å². The van der Waals surface area contributed by atoms with Gasteiger partial charge in [-0.15, -0.1) is 0 Å². The van der Waals surface area contributed by atoms with Gasteiger partial charge in [-0.2, -0.15) is 0 Å². The van der Waals surface area contributed by atoms with Crippen molar-refractivity contribution in [2.75, 3.05) is 13.2 Å². The number of hydrogen-bond donors (Lipinski definition) is 0. The van der Waals surface area contributed by atoms with Gasteiger partial charge in [0.1, 0.15) is 17.3 Å². The van der Waals surface area contributed by atoms with E-state index in [4.69, 9.17) is 9.47 Å². The maximum Gasteiger partial charge on any atom is 0.258 e. The van der Waals surface area contributed by atoms with E-state index < -0.39 is 0 Å². The lowest BCUT2D eigenvalue weighted by molar-refractivity contribution is 0.188. The van der Waals surface area contributed by atoms with Gasteiger partial charge in [0.25, 0.3) is 5.56 Å². The minimum absolute atomic E-state index is 0.162. The molecule has 1 aromatic heterocycles. The van der Waals surface area contributed by atoms with E-state index in [1.54, 1.807) is 24.4 Å². The quantitative estimate of drug-likeness (QED) is 0.643. The normalized spacial score (nSPS) is 11.8. The number of pyridine rings is 1. The summed E-state index contributed by atoms with van der Waals surface area (Å²) >= 11 is 0. The van der Waals surface area contributed by atoms with Gasteiger partial charge in [-0.3, -0.25) is 9.36 Å². The Balaban J connectivity index is 1.56. The van der Waals surface area contributed by atoms with Crippen LogP contribution in [0.1, 0.15) is 6.92 Å². The molecule has 0 saturated carbocycles. The van der Waals surface area contributed by atoms with Crippen molar-refractivity contribution in [3.8, 4) is 17.2 Å². The topological polar surface area (TPSA) is 40.5 Å². The van der Waals surface area contributed by atoms with Gasteiger partial charge in [0.2, 0.25) is 0 Å². The molecule has 3 aromatic rings. The Labute approximate surface area is 151 Å². The summed E-state index contributed by atoms with van der Waals surface area (Å²) in [5, 5.41) is 0. The highest BCUT2D eigenvalue weighted by atomic mass is 19.1. The zero-order chi connectivity index (χ0) is 18.4. The highest BCUT2D eigenvalue weighted by Crippen LogP contribution is 2.13. The van der Waals surface area contributed by atoms with Crippen LogP contribution in [0.3, 0.4) is 0 Å². The lowest BCUT2D eigenvalue weighted by atomic mass is 10.2. The Morgan fingerprint density at radius 3 is 2.23 bits per heavy atom. The minimum atomic E-state index is -0.339. The second kappa shape index (κ2) is 8.34. The van der Waals surface area contributed by atoms with E-state index in [2.05, 4.69) is 0 Å². The van der Waals surface area contributed by atoms with Gasteiger partial charge in [-0.25, -0.2) is 4.39 Å². The fourth-order valence-corrected chi connectivity index (χ4v) is 2.41. The fourth-order valence-electron chi connectivity index (χ4n) is 2.41. The maximum atomic E-state index is 13.0. The summed E-state index contributed by atoms with van der Waals surface area (Å²) in [6.07, 6.45) is 1.62. The average molecular weight is 353 g/mol. The zero-order valence-corrected chi connectivity index (χ0v) is 14.5. The van der Waals surface area contributed by atoms with Crippen molar-refractivity contribution in [3.05, 3.63) is 89.1 Å². The monoisotopic (exact) mass is 353 g/mol. The first-order valence-electron chi connectivity index (χ1n) is 8.41. The summed E-state index contributed by atoms with van der Waals surface area (Å²) in [6.45, 7) is 2.98. The molecule has 0 fully saturated rings. The predicted octanol–water partition coefficient (Wildman–Crippen LogP) is 4.07. The Morgan fingerprint density at radius 2 is 1.58 bits per heavy atom. The van der Waals surface area contributed by atoms with Crippen LogP contribution in [0.15, 0.2) is 77.7 Å². The van der Waals surface area contributed by atoms with Gasteiger partial charge in [-0.1, -0.05) is 25.1 Å². The molecule has 1 atom stereocenters. The number of nitrogens with zero attached hydrogens (tertiary/aromatic N) is 1. The van der Waals surface area contributed by atoms with Crippen molar-refractivity contribution < 1.29 is 13.9 Å². The Hall–Kier alpha value is -3.08. The molecule has 5 heteroatoms. The van der Waals surface area contributed by atoms with Crippen molar-refractivity contribution in [3.63, 3.8) is 0 Å². The van der Waals surface area contributed by atoms with Gasteiger partial charge in [-0.05, 0) is 42.5 Å². The molecule has 0 aliphatic rings. The molecule has 0 aliphatic carbocycles. The molecule has 0 N–H and O–H groups in total. The van der Waals surface area contributed by atoms with E-state index in [1.807, 2.05) is 37.3 Å². The summed E-state index contributed by atoms with van der Waals surface area (Å²) in [5.41, 5.74) is 0.370. The molecule has 0 bridgehead atoms. The molecule has 134 valence electrons. The van der Waals surface area contributed by atoms with Crippen LogP contribution < -0.4 is 15.0 Å². The van der Waals surface area contributed by atoms with Crippen molar-refractivity contribution in [2.45, 2.75) is 6.92 Å². The van der Waals surface area contributed by atoms with Crippen LogP contribution in [0.25, 0.3) is 5.69 Å². The van der Waals surface area contributed by atoms with Crippen LogP contribution in [0.2, 0.25) is 0 Å². The third kappa shape index (κ3) is 4.72. The summed E-state index contributed by atoms with van der Waals surface area (Å²) in [7, 11) is 0. The van der Waals surface area contributed by atoms with Crippen LogP contribution in [0.5, 0.6) is 11.5 Å². The summed E-state index contributed by atoms with van der Waals surface area (Å²) < 4.78 is 25.8. The smallest absolute Gasteiger partial charge is 0.258 e. The van der Waals surface area contributed by atoms with E-state index in [1.165, 1.54) is 22.8 Å². The molecule has 1 heterocycles. The number of halogens is 1. The van der Waals surface area contributed by atoms with Crippen LogP contribution in [-0.4, -0.2) is 17.8 Å². The Kier molecular flexibility index (Phi) is 5.69. The lowest BCUT2D eigenvalue weighted by Gasteiger charge is -2.14. The summed E-state index contributed by atoms with van der Waals surface area (Å²) in [6, 6.07) is 18.5. The Bertz CT molecular complexity index is 891. The van der Waals surface area contributed by atoms with Gasteiger partial charge in [0, 0.05) is 23.9 Å². The largest absolute Gasteiger partial charge is 0.493 e. The van der Waals surface area contributed by atoms with Crippen molar-refractivity contribution in [1.29, 1.82) is 0 Å². The van der Waals surface area contributed by atoms with E-state index >= 15 is 0 Å². The van der Waals surface area contributed by atoms with E-state index in [0.717, 1.165) is 5.75 Å². The molecule has 0 saturated heterocycles. The SMILES string of the molecule is CC(COc1ccccc1)COc1ccn(-c2ccc(F)cc2)c(=O)c1. The van der Waals surface area contributed by atoms with E-state index in [0.29, 0.717) is 24.7 Å². The summed E-state index contributed by atoms with van der Waals surface area (Å²) in [5.74, 6) is 1.14. The summed E-state index contributed by atoms with van der Waals surface area (Å²) in [4.78, 5) is 12.2. The first-order valence-corrected chi connectivity index (χ1v) is 8.41. The van der Waals surface area contributed by atoms with E-state index in [-0.39, 0.29) is 17.3 Å². The fraction of sp³-hybridized carbons (Fsp3) is 0.190. The molecular formula is C21H20FNO3. The molecule has 26 heavy (non-hydrogen) atoms. The molecule has 4 nitrogen and oxygen atoms in total. The van der Waals surface area contributed by atoms with Crippen LogP contribution in [0, 0.1) is 11.7 Å². The lowest BCUT2D eigenvalue weighted by Crippen LogP contribution is -2.19. The third-order valence-electron chi connectivity index (χ3n) is 3.81. The van der Waals surface area contributed by atoms with Crippen LogP contribution in [-0.2, 0) is 0 Å². The predicted molar refractivity (Wildman–Crippen MR) is 98.6 cm³/mol. The molecule has 0 spiro atoms.